The largest absolute Gasteiger partial charge is 0.480 e. The minimum absolute atomic E-state index is 0.174. The van der Waals surface area contributed by atoms with Crippen LogP contribution in [0.25, 0.3) is 0 Å². The lowest BCUT2D eigenvalue weighted by molar-refractivity contribution is -0.137. The fourth-order valence-corrected chi connectivity index (χ4v) is 2.62. The van der Waals surface area contributed by atoms with Crippen molar-refractivity contribution in [2.75, 3.05) is 18.0 Å². The van der Waals surface area contributed by atoms with Gasteiger partial charge in [0.05, 0.1) is 5.69 Å². The van der Waals surface area contributed by atoms with E-state index in [9.17, 15) is 9.59 Å². The van der Waals surface area contributed by atoms with Crippen molar-refractivity contribution in [2.24, 2.45) is 16.6 Å². The third kappa shape index (κ3) is 2.08. The van der Waals surface area contributed by atoms with E-state index < -0.39 is 17.7 Å². The molecule has 0 spiro atoms. The van der Waals surface area contributed by atoms with Crippen LogP contribution >= 0.6 is 0 Å². The van der Waals surface area contributed by atoms with Crippen molar-refractivity contribution in [2.45, 2.75) is 12.5 Å². The van der Waals surface area contributed by atoms with E-state index in [-0.39, 0.29) is 6.04 Å². The molecule has 0 aromatic heterocycles. The van der Waals surface area contributed by atoms with Crippen LogP contribution in [0.3, 0.4) is 0 Å². The van der Waals surface area contributed by atoms with Gasteiger partial charge in [0.1, 0.15) is 0 Å². The Labute approximate surface area is 115 Å². The number of carboxylic acid groups (broad SMARTS) is 1. The van der Waals surface area contributed by atoms with E-state index in [2.05, 4.69) is 9.89 Å². The number of ketones is 1. The van der Waals surface area contributed by atoms with Gasteiger partial charge in [0, 0.05) is 36.6 Å². The van der Waals surface area contributed by atoms with Crippen LogP contribution in [-0.4, -0.2) is 42.2 Å². The number of carbonyl (C=O) groups excluding carboxylic acids is 1. The third-order valence-electron chi connectivity index (χ3n) is 3.75. The number of carboxylic acids is 1. The molecule has 0 bridgehead atoms. The Morgan fingerprint density at radius 2 is 2.25 bits per heavy atom. The Morgan fingerprint density at radius 3 is 2.90 bits per heavy atom. The first-order chi connectivity index (χ1) is 9.56. The van der Waals surface area contributed by atoms with Gasteiger partial charge in [0.2, 0.25) is 0 Å². The first-order valence-corrected chi connectivity index (χ1v) is 6.52. The van der Waals surface area contributed by atoms with Gasteiger partial charge in [-0.25, -0.2) is 0 Å². The maximum atomic E-state index is 12.0. The van der Waals surface area contributed by atoms with Crippen molar-refractivity contribution in [3.05, 3.63) is 23.8 Å². The summed E-state index contributed by atoms with van der Waals surface area (Å²) in [6.45, 7) is 1.67. The number of hydrogen-bond acceptors (Lipinski definition) is 5. The van der Waals surface area contributed by atoms with Gasteiger partial charge in [0.25, 0.3) is 0 Å². The molecule has 6 heteroatoms. The Hall–Kier alpha value is -2.21. The molecular formula is C14H15N3O3. The summed E-state index contributed by atoms with van der Waals surface area (Å²) in [5, 5.41) is 8.96. The highest BCUT2D eigenvalue weighted by molar-refractivity contribution is 6.22. The molecule has 1 aromatic rings. The molecule has 2 aliphatic rings. The van der Waals surface area contributed by atoms with Crippen molar-refractivity contribution < 1.29 is 14.7 Å². The topological polar surface area (TPSA) is 96.0 Å². The highest BCUT2D eigenvalue weighted by Gasteiger charge is 2.31. The zero-order valence-electron chi connectivity index (χ0n) is 10.8. The number of carbonyl (C=O) groups is 2. The van der Waals surface area contributed by atoms with E-state index >= 15 is 0 Å². The van der Waals surface area contributed by atoms with Crippen LogP contribution in [0.1, 0.15) is 16.8 Å². The van der Waals surface area contributed by atoms with Crippen molar-refractivity contribution in [3.8, 4) is 0 Å². The van der Waals surface area contributed by atoms with Crippen LogP contribution in [0, 0.1) is 5.92 Å². The van der Waals surface area contributed by atoms with E-state index in [0.29, 0.717) is 11.3 Å². The van der Waals surface area contributed by atoms with Crippen LogP contribution in [0.2, 0.25) is 0 Å². The molecule has 20 heavy (non-hydrogen) atoms. The van der Waals surface area contributed by atoms with Crippen LogP contribution in [0.4, 0.5) is 11.4 Å². The Balaban J connectivity index is 1.92. The molecule has 2 heterocycles. The number of nitrogens with two attached hydrogens (primary N) is 1. The Kier molecular flexibility index (Phi) is 3.02. The zero-order chi connectivity index (χ0) is 14.3. The summed E-state index contributed by atoms with van der Waals surface area (Å²) in [5.74, 6) is -2.75. The van der Waals surface area contributed by atoms with E-state index in [1.54, 1.807) is 6.07 Å². The number of fused-ring (bicyclic) bond motifs is 1. The quantitative estimate of drug-likeness (QED) is 0.778. The number of hydrogen-bond donors (Lipinski definition) is 2. The predicted octanol–water partition coefficient (Wildman–Crippen LogP) is 0.823. The van der Waals surface area contributed by atoms with Gasteiger partial charge >= 0.3 is 5.97 Å². The van der Waals surface area contributed by atoms with Crippen LogP contribution in [0.15, 0.2) is 23.2 Å². The van der Waals surface area contributed by atoms with Gasteiger partial charge in [-0.05, 0) is 24.6 Å². The summed E-state index contributed by atoms with van der Waals surface area (Å²) in [4.78, 5) is 29.2. The summed E-state index contributed by atoms with van der Waals surface area (Å²) < 4.78 is 0. The van der Waals surface area contributed by atoms with Crippen LogP contribution < -0.4 is 10.6 Å². The Morgan fingerprint density at radius 1 is 1.45 bits per heavy atom. The fourth-order valence-electron chi connectivity index (χ4n) is 2.62. The molecule has 3 N–H and O–H groups in total. The molecule has 2 atom stereocenters. The van der Waals surface area contributed by atoms with E-state index in [1.807, 2.05) is 12.1 Å². The van der Waals surface area contributed by atoms with Gasteiger partial charge < -0.3 is 15.7 Å². The zero-order valence-corrected chi connectivity index (χ0v) is 10.8. The molecule has 1 fully saturated rings. The number of benzene rings is 1. The van der Waals surface area contributed by atoms with Crippen molar-refractivity contribution in [3.63, 3.8) is 0 Å². The summed E-state index contributed by atoms with van der Waals surface area (Å²) >= 11 is 0. The number of nitrogens with zero attached hydrogens (tertiary/aromatic N) is 2. The summed E-state index contributed by atoms with van der Waals surface area (Å²) in [5.41, 5.74) is 7.75. The second-order valence-corrected chi connectivity index (χ2v) is 5.15. The first-order valence-electron chi connectivity index (χ1n) is 6.52. The predicted molar refractivity (Wildman–Crippen MR) is 74.9 cm³/mol. The average molecular weight is 273 g/mol. The Bertz CT molecular complexity index is 612. The standard InChI is InChI=1S/C14H15N3O3/c15-8-3-4-17(7-8)9-1-2-10-12(5-9)16-6-11(13(10)18)14(19)20/h1-2,5-6,8,11H,3-4,7,15H2,(H,19,20). The SMILES string of the molecule is NC1CCN(c2ccc3c(c2)N=CC(C(=O)O)C3=O)C1. The second kappa shape index (κ2) is 4.72. The molecule has 0 radical (unpaired) electrons. The van der Waals surface area contributed by atoms with Gasteiger partial charge in [-0.2, -0.15) is 0 Å². The van der Waals surface area contributed by atoms with E-state index in [0.717, 1.165) is 25.2 Å². The molecule has 2 aliphatic heterocycles. The number of anilines is 1. The van der Waals surface area contributed by atoms with Gasteiger partial charge in [-0.3, -0.25) is 14.6 Å². The molecule has 6 nitrogen and oxygen atoms in total. The van der Waals surface area contributed by atoms with E-state index in [4.69, 9.17) is 10.8 Å². The lowest BCUT2D eigenvalue weighted by Gasteiger charge is -2.21. The molecule has 2 unspecified atom stereocenters. The molecule has 0 amide bonds. The van der Waals surface area contributed by atoms with Crippen molar-refractivity contribution in [1.82, 2.24) is 0 Å². The maximum absolute atomic E-state index is 12.0. The maximum Gasteiger partial charge on any atom is 0.319 e. The van der Waals surface area contributed by atoms with Gasteiger partial charge in [-0.1, -0.05) is 0 Å². The molecule has 0 aliphatic carbocycles. The van der Waals surface area contributed by atoms with Gasteiger partial charge in [0.15, 0.2) is 11.7 Å². The number of rotatable bonds is 2. The number of Topliss-reactive ketones (excluding diaryl/α,β-unsaturated/α-hetero) is 1. The molecule has 104 valence electrons. The molecule has 1 aromatic carbocycles. The smallest absolute Gasteiger partial charge is 0.319 e. The van der Waals surface area contributed by atoms with Crippen LogP contribution in [-0.2, 0) is 4.79 Å². The highest BCUT2D eigenvalue weighted by Crippen LogP contribution is 2.31. The second-order valence-electron chi connectivity index (χ2n) is 5.15. The minimum atomic E-state index is -1.17. The summed E-state index contributed by atoms with van der Waals surface area (Å²) in [6, 6.07) is 5.48. The highest BCUT2D eigenvalue weighted by atomic mass is 16.4. The molecular weight excluding hydrogens is 258 g/mol. The lowest BCUT2D eigenvalue weighted by Crippen LogP contribution is -2.28. The fraction of sp³-hybridized carbons (Fsp3) is 0.357. The van der Waals surface area contributed by atoms with Crippen molar-refractivity contribution in [1.29, 1.82) is 0 Å². The third-order valence-corrected chi connectivity index (χ3v) is 3.75. The van der Waals surface area contributed by atoms with Gasteiger partial charge in [-0.15, -0.1) is 0 Å². The van der Waals surface area contributed by atoms with Crippen molar-refractivity contribution >= 4 is 29.3 Å². The molecule has 1 saturated heterocycles. The van der Waals surface area contributed by atoms with E-state index in [1.165, 1.54) is 6.21 Å². The summed E-state index contributed by atoms with van der Waals surface area (Å²) in [7, 11) is 0. The normalized spacial score (nSPS) is 24.9. The minimum Gasteiger partial charge on any atom is -0.480 e. The molecule has 0 saturated carbocycles. The lowest BCUT2D eigenvalue weighted by atomic mass is 9.94. The number of aliphatic carboxylic acids is 1. The van der Waals surface area contributed by atoms with Crippen LogP contribution in [0.5, 0.6) is 0 Å². The molecule has 3 rings (SSSR count). The first kappa shape index (κ1) is 12.8. The summed E-state index contributed by atoms with van der Waals surface area (Å²) in [6.07, 6.45) is 2.15. The number of aliphatic imine (C=N–C) groups is 1. The average Bonchev–Trinajstić information content (AvgIpc) is 2.85. The monoisotopic (exact) mass is 273 g/mol.